The maximum absolute atomic E-state index is 13.4. The summed E-state index contributed by atoms with van der Waals surface area (Å²) in [5, 5.41) is 3.96. The van der Waals surface area contributed by atoms with Gasteiger partial charge in [0, 0.05) is 56.1 Å². The van der Waals surface area contributed by atoms with Crippen LogP contribution in [0.3, 0.4) is 0 Å². The summed E-state index contributed by atoms with van der Waals surface area (Å²) in [4.78, 5) is 18.3. The van der Waals surface area contributed by atoms with Crippen LogP contribution < -0.4 is 15.0 Å². The molecular formula is C26H32ClN3O3. The van der Waals surface area contributed by atoms with Crippen LogP contribution in [0.5, 0.6) is 5.75 Å². The first-order chi connectivity index (χ1) is 16.1. The number of carbonyl (C=O) groups is 1. The number of hydrogen-bond donors (Lipinski definition) is 1. The number of methoxy groups -OCH3 is 1. The number of hydrogen-bond acceptors (Lipinski definition) is 5. The topological polar surface area (TPSA) is 54.0 Å². The Morgan fingerprint density at radius 1 is 1.21 bits per heavy atom. The number of nitrogens with zero attached hydrogens (tertiary/aromatic N) is 2. The molecule has 1 N–H and O–H groups in total. The van der Waals surface area contributed by atoms with Crippen LogP contribution in [0.4, 0.5) is 5.69 Å². The molecule has 3 aliphatic rings. The molecule has 2 saturated heterocycles. The highest BCUT2D eigenvalue weighted by atomic mass is 35.5. The second-order valence-corrected chi connectivity index (χ2v) is 9.74. The van der Waals surface area contributed by atoms with E-state index in [0.29, 0.717) is 6.54 Å². The number of ether oxygens (including phenoxy) is 2. The van der Waals surface area contributed by atoms with Crippen molar-refractivity contribution in [2.45, 2.75) is 38.0 Å². The average molecular weight is 470 g/mol. The van der Waals surface area contributed by atoms with Crippen molar-refractivity contribution in [3.63, 3.8) is 0 Å². The molecule has 2 aromatic carbocycles. The lowest BCUT2D eigenvalue weighted by molar-refractivity contribution is -0.126. The highest BCUT2D eigenvalue weighted by molar-refractivity contribution is 6.30. The summed E-state index contributed by atoms with van der Waals surface area (Å²) in [7, 11) is 1.70. The number of anilines is 1. The maximum Gasteiger partial charge on any atom is 0.225 e. The lowest BCUT2D eigenvalue weighted by Gasteiger charge is -2.49. The number of fused-ring (bicyclic) bond motifs is 3. The quantitative estimate of drug-likeness (QED) is 0.701. The molecule has 1 amide bonds. The van der Waals surface area contributed by atoms with Gasteiger partial charge in [0.25, 0.3) is 0 Å². The monoisotopic (exact) mass is 469 g/mol. The van der Waals surface area contributed by atoms with E-state index in [1.807, 2.05) is 18.2 Å². The number of nitrogens with one attached hydrogen (secondary N) is 1. The van der Waals surface area contributed by atoms with Gasteiger partial charge in [-0.1, -0.05) is 29.8 Å². The Morgan fingerprint density at radius 3 is 2.82 bits per heavy atom. The van der Waals surface area contributed by atoms with Gasteiger partial charge >= 0.3 is 0 Å². The highest BCUT2D eigenvalue weighted by Crippen LogP contribution is 2.38. The summed E-state index contributed by atoms with van der Waals surface area (Å²) >= 11 is 6.06. The number of rotatable bonds is 6. The summed E-state index contributed by atoms with van der Waals surface area (Å²) in [5.41, 5.74) is 3.66. The summed E-state index contributed by atoms with van der Waals surface area (Å²) in [6, 6.07) is 14.4. The lowest BCUT2D eigenvalue weighted by Crippen LogP contribution is -2.61. The van der Waals surface area contributed by atoms with E-state index in [2.05, 4.69) is 39.4 Å². The Morgan fingerprint density at radius 2 is 2.06 bits per heavy atom. The Kier molecular flexibility index (Phi) is 6.76. The molecule has 0 aromatic heterocycles. The van der Waals surface area contributed by atoms with Crippen molar-refractivity contribution in [3.05, 3.63) is 58.6 Å². The molecule has 2 aromatic rings. The molecule has 0 radical (unpaired) electrons. The van der Waals surface area contributed by atoms with Gasteiger partial charge in [0.15, 0.2) is 0 Å². The minimum absolute atomic E-state index is 0.0969. The molecule has 5 rings (SSSR count). The Bertz CT molecular complexity index is 977. The maximum atomic E-state index is 13.4. The van der Waals surface area contributed by atoms with Gasteiger partial charge in [-0.25, -0.2) is 0 Å². The van der Waals surface area contributed by atoms with Crippen molar-refractivity contribution >= 4 is 23.2 Å². The molecule has 3 atom stereocenters. The van der Waals surface area contributed by atoms with Crippen molar-refractivity contribution in [2.75, 3.05) is 44.8 Å². The molecule has 3 unspecified atom stereocenters. The minimum atomic E-state index is -0.0969. The van der Waals surface area contributed by atoms with Crippen LogP contribution in [-0.4, -0.2) is 62.8 Å². The van der Waals surface area contributed by atoms with E-state index < -0.39 is 0 Å². The van der Waals surface area contributed by atoms with E-state index in [1.165, 1.54) is 16.8 Å². The van der Waals surface area contributed by atoms with Gasteiger partial charge < -0.3 is 19.7 Å². The third-order valence-electron chi connectivity index (χ3n) is 7.19. The van der Waals surface area contributed by atoms with Crippen LogP contribution in [0.25, 0.3) is 0 Å². The second kappa shape index (κ2) is 9.92. The average Bonchev–Trinajstić information content (AvgIpc) is 3.37. The molecule has 0 aliphatic carbocycles. The number of halogens is 1. The third-order valence-corrected chi connectivity index (χ3v) is 7.45. The smallest absolute Gasteiger partial charge is 0.225 e. The molecule has 6 nitrogen and oxygen atoms in total. The van der Waals surface area contributed by atoms with Crippen LogP contribution in [0.15, 0.2) is 42.5 Å². The lowest BCUT2D eigenvalue weighted by atomic mass is 9.83. The fraction of sp³-hybridized carbons (Fsp3) is 0.500. The van der Waals surface area contributed by atoms with Crippen molar-refractivity contribution in [1.82, 2.24) is 10.2 Å². The molecule has 3 heterocycles. The van der Waals surface area contributed by atoms with Crippen molar-refractivity contribution < 1.29 is 14.3 Å². The molecule has 0 spiro atoms. The van der Waals surface area contributed by atoms with Crippen LogP contribution in [0.1, 0.15) is 24.0 Å². The summed E-state index contributed by atoms with van der Waals surface area (Å²) in [6.07, 6.45) is 3.00. The first kappa shape index (κ1) is 22.5. The number of amides is 1. The number of piperazine rings is 1. The predicted molar refractivity (Wildman–Crippen MR) is 130 cm³/mol. The second-order valence-electron chi connectivity index (χ2n) is 9.31. The molecule has 176 valence electrons. The molecular weight excluding hydrogens is 438 g/mol. The van der Waals surface area contributed by atoms with Crippen LogP contribution in [0, 0.1) is 5.92 Å². The molecule has 3 aliphatic heterocycles. The van der Waals surface area contributed by atoms with E-state index in [9.17, 15) is 4.79 Å². The van der Waals surface area contributed by atoms with Crippen molar-refractivity contribution in [3.8, 4) is 5.75 Å². The van der Waals surface area contributed by atoms with Gasteiger partial charge in [-0.3, -0.25) is 9.69 Å². The summed E-state index contributed by atoms with van der Waals surface area (Å²) in [6.45, 7) is 4.93. The Hall–Kier alpha value is -2.28. The van der Waals surface area contributed by atoms with Crippen LogP contribution in [-0.2, 0) is 22.5 Å². The van der Waals surface area contributed by atoms with Gasteiger partial charge in [-0.05, 0) is 48.6 Å². The summed E-state index contributed by atoms with van der Waals surface area (Å²) < 4.78 is 11.2. The normalized spacial score (nSPS) is 24.8. The van der Waals surface area contributed by atoms with E-state index in [-0.39, 0.29) is 24.0 Å². The molecule has 0 bridgehead atoms. The Labute approximate surface area is 200 Å². The standard InChI is InChI=1S/C26H32ClN3O3/c1-32-21-9-6-19-13-23(26(31)28-15-22-3-2-12-33-22)25-17-29(10-11-30(25)24(19)14-21)16-18-4-7-20(27)8-5-18/h4-9,14,22-23,25H,2-3,10-13,15-17H2,1H3,(H,28,31). The highest BCUT2D eigenvalue weighted by Gasteiger charge is 2.41. The van der Waals surface area contributed by atoms with E-state index in [4.69, 9.17) is 21.1 Å². The number of carbonyl (C=O) groups excluding carboxylic acids is 1. The first-order valence-electron chi connectivity index (χ1n) is 11.9. The van der Waals surface area contributed by atoms with E-state index >= 15 is 0 Å². The molecule has 0 saturated carbocycles. The third kappa shape index (κ3) is 4.98. The molecule has 33 heavy (non-hydrogen) atoms. The zero-order valence-corrected chi connectivity index (χ0v) is 19.9. The van der Waals surface area contributed by atoms with Crippen LogP contribution >= 0.6 is 11.6 Å². The van der Waals surface area contributed by atoms with Gasteiger partial charge in [0.1, 0.15) is 5.75 Å². The van der Waals surface area contributed by atoms with Crippen molar-refractivity contribution in [1.29, 1.82) is 0 Å². The van der Waals surface area contributed by atoms with E-state index in [1.54, 1.807) is 7.11 Å². The molecule has 7 heteroatoms. The first-order valence-corrected chi connectivity index (χ1v) is 12.3. The number of benzene rings is 2. The SMILES string of the molecule is COc1ccc2c(c1)N1CCN(Cc3ccc(Cl)cc3)CC1C(C(=O)NCC1CCCO1)C2. The van der Waals surface area contributed by atoms with Gasteiger partial charge in [0.05, 0.1) is 25.2 Å². The molecule has 2 fully saturated rings. The van der Waals surface area contributed by atoms with Crippen LogP contribution in [0.2, 0.25) is 5.02 Å². The largest absolute Gasteiger partial charge is 0.497 e. The zero-order chi connectivity index (χ0) is 22.8. The van der Waals surface area contributed by atoms with Gasteiger partial charge in [-0.2, -0.15) is 0 Å². The fourth-order valence-electron chi connectivity index (χ4n) is 5.41. The minimum Gasteiger partial charge on any atom is -0.497 e. The van der Waals surface area contributed by atoms with Crippen molar-refractivity contribution in [2.24, 2.45) is 5.92 Å². The Balaban J connectivity index is 1.35. The predicted octanol–water partition coefficient (Wildman–Crippen LogP) is 3.51. The van der Waals surface area contributed by atoms with Gasteiger partial charge in [-0.15, -0.1) is 0 Å². The van der Waals surface area contributed by atoms with E-state index in [0.717, 1.165) is 62.8 Å². The summed E-state index contributed by atoms with van der Waals surface area (Å²) in [5.74, 6) is 0.896. The zero-order valence-electron chi connectivity index (χ0n) is 19.1. The fourth-order valence-corrected chi connectivity index (χ4v) is 5.53. The van der Waals surface area contributed by atoms with Gasteiger partial charge in [0.2, 0.25) is 5.91 Å².